The van der Waals surface area contributed by atoms with Crippen LogP contribution in [0.4, 0.5) is 10.1 Å². The minimum atomic E-state index is -0.377. The number of ether oxygens (including phenoxy) is 1. The topological polar surface area (TPSA) is 38.3 Å². The lowest BCUT2D eigenvalue weighted by atomic mass is 10.1. The smallest absolute Gasteiger partial charge is 0.187 e. The molecule has 2 aromatic rings. The molecule has 0 saturated carbocycles. The molecule has 0 spiro atoms. The predicted molar refractivity (Wildman–Crippen MR) is 81.5 cm³/mol. The summed E-state index contributed by atoms with van der Waals surface area (Å²) in [4.78, 5) is 11.9. The van der Waals surface area contributed by atoms with Crippen molar-refractivity contribution in [1.29, 1.82) is 0 Å². The molecule has 0 radical (unpaired) electrons. The lowest BCUT2D eigenvalue weighted by Gasteiger charge is -2.08. The van der Waals surface area contributed by atoms with Crippen molar-refractivity contribution in [2.24, 2.45) is 0 Å². The van der Waals surface area contributed by atoms with Crippen molar-refractivity contribution in [1.82, 2.24) is 0 Å². The van der Waals surface area contributed by atoms with Crippen LogP contribution in [0.25, 0.3) is 0 Å². The number of methoxy groups -OCH3 is 1. The van der Waals surface area contributed by atoms with Crippen LogP contribution >= 0.6 is 11.6 Å². The summed E-state index contributed by atoms with van der Waals surface area (Å²) in [6, 6.07) is 10.5. The molecule has 0 unspecified atom stereocenters. The molecule has 108 valence electrons. The highest BCUT2D eigenvalue weighted by Gasteiger charge is 2.03. The highest BCUT2D eigenvalue weighted by molar-refractivity contribution is 6.30. The van der Waals surface area contributed by atoms with Crippen LogP contribution in [0.3, 0.4) is 0 Å². The maximum Gasteiger partial charge on any atom is 0.187 e. The van der Waals surface area contributed by atoms with Gasteiger partial charge in [0.15, 0.2) is 5.78 Å². The van der Waals surface area contributed by atoms with Gasteiger partial charge in [-0.15, -0.1) is 0 Å². The molecule has 0 aliphatic carbocycles. The van der Waals surface area contributed by atoms with Gasteiger partial charge in [-0.1, -0.05) is 11.6 Å². The maximum atomic E-state index is 12.8. The predicted octanol–water partition coefficient (Wildman–Crippen LogP) is 4.30. The Morgan fingerprint density at radius 3 is 2.62 bits per heavy atom. The molecule has 0 aromatic heterocycles. The molecule has 0 bridgehead atoms. The van der Waals surface area contributed by atoms with Gasteiger partial charge < -0.3 is 10.1 Å². The molecular weight excluding hydrogens is 293 g/mol. The zero-order valence-electron chi connectivity index (χ0n) is 11.3. The van der Waals surface area contributed by atoms with E-state index in [1.165, 1.54) is 36.5 Å². The summed E-state index contributed by atoms with van der Waals surface area (Å²) in [7, 11) is 1.54. The van der Waals surface area contributed by atoms with Crippen LogP contribution in [0, 0.1) is 5.82 Å². The Morgan fingerprint density at radius 2 is 1.95 bits per heavy atom. The quantitative estimate of drug-likeness (QED) is 0.661. The Labute approximate surface area is 127 Å². The van der Waals surface area contributed by atoms with Crippen LogP contribution in [0.2, 0.25) is 5.02 Å². The summed E-state index contributed by atoms with van der Waals surface area (Å²) in [5, 5.41) is 3.48. The molecule has 5 heteroatoms. The standard InChI is InChI=1S/C16H13ClFNO2/c1-21-16-7-4-12(17)10-14(16)19-9-8-15(20)11-2-5-13(18)6-3-11/h2-10,19H,1H3/b9-8+. The second kappa shape index (κ2) is 6.90. The fourth-order valence-electron chi connectivity index (χ4n) is 1.71. The Kier molecular flexibility index (Phi) is 4.95. The molecule has 0 aliphatic heterocycles. The van der Waals surface area contributed by atoms with E-state index in [2.05, 4.69) is 5.32 Å². The zero-order chi connectivity index (χ0) is 15.2. The van der Waals surface area contributed by atoms with E-state index in [0.717, 1.165) is 0 Å². The van der Waals surface area contributed by atoms with Gasteiger partial charge in [-0.05, 0) is 42.5 Å². The van der Waals surface area contributed by atoms with Gasteiger partial charge in [0.05, 0.1) is 12.8 Å². The molecule has 3 nitrogen and oxygen atoms in total. The number of carbonyl (C=O) groups is 1. The van der Waals surface area contributed by atoms with Crippen LogP contribution in [0.15, 0.2) is 54.7 Å². The van der Waals surface area contributed by atoms with Gasteiger partial charge in [0.1, 0.15) is 11.6 Å². The lowest BCUT2D eigenvalue weighted by Crippen LogP contribution is -1.97. The molecule has 0 aliphatic rings. The number of anilines is 1. The highest BCUT2D eigenvalue weighted by Crippen LogP contribution is 2.27. The van der Waals surface area contributed by atoms with Gasteiger partial charge >= 0.3 is 0 Å². The summed E-state index contributed by atoms with van der Waals surface area (Å²) >= 11 is 5.90. The second-order valence-electron chi connectivity index (χ2n) is 4.19. The van der Waals surface area contributed by atoms with Crippen molar-refractivity contribution in [3.05, 3.63) is 71.1 Å². The van der Waals surface area contributed by atoms with Gasteiger partial charge in [0.25, 0.3) is 0 Å². The van der Waals surface area contributed by atoms with Gasteiger partial charge in [-0.2, -0.15) is 0 Å². The minimum absolute atomic E-state index is 0.233. The molecule has 0 atom stereocenters. The lowest BCUT2D eigenvalue weighted by molar-refractivity contribution is 0.104. The van der Waals surface area contributed by atoms with Crippen molar-refractivity contribution < 1.29 is 13.9 Å². The molecule has 0 amide bonds. The number of nitrogens with one attached hydrogen (secondary N) is 1. The molecular formula is C16H13ClFNO2. The van der Waals surface area contributed by atoms with Crippen molar-refractivity contribution in [3.63, 3.8) is 0 Å². The van der Waals surface area contributed by atoms with E-state index in [0.29, 0.717) is 22.0 Å². The number of benzene rings is 2. The van der Waals surface area contributed by atoms with E-state index in [1.54, 1.807) is 25.3 Å². The van der Waals surface area contributed by atoms with Crippen molar-refractivity contribution in [2.45, 2.75) is 0 Å². The second-order valence-corrected chi connectivity index (χ2v) is 4.63. The summed E-state index contributed by atoms with van der Waals surface area (Å²) in [5.74, 6) is -0.000838. The molecule has 2 rings (SSSR count). The number of allylic oxidation sites excluding steroid dienone is 1. The van der Waals surface area contributed by atoms with E-state index in [1.807, 2.05) is 0 Å². The monoisotopic (exact) mass is 305 g/mol. The van der Waals surface area contributed by atoms with Gasteiger partial charge in [-0.25, -0.2) is 4.39 Å². The average Bonchev–Trinajstić information content (AvgIpc) is 2.48. The largest absolute Gasteiger partial charge is 0.495 e. The number of rotatable bonds is 5. The van der Waals surface area contributed by atoms with Gasteiger partial charge in [0, 0.05) is 22.9 Å². The fraction of sp³-hybridized carbons (Fsp3) is 0.0625. The molecule has 0 fully saturated rings. The first-order valence-electron chi connectivity index (χ1n) is 6.16. The number of hydrogen-bond acceptors (Lipinski definition) is 3. The number of ketones is 1. The van der Waals surface area contributed by atoms with Gasteiger partial charge in [-0.3, -0.25) is 4.79 Å². The molecule has 0 heterocycles. The van der Waals surface area contributed by atoms with Crippen LogP contribution < -0.4 is 10.1 Å². The van der Waals surface area contributed by atoms with E-state index in [-0.39, 0.29) is 11.6 Å². The van der Waals surface area contributed by atoms with Crippen LogP contribution in [-0.4, -0.2) is 12.9 Å². The molecule has 0 saturated heterocycles. The first kappa shape index (κ1) is 15.1. The average molecular weight is 306 g/mol. The van der Waals surface area contributed by atoms with Crippen LogP contribution in [0.5, 0.6) is 5.75 Å². The van der Waals surface area contributed by atoms with Crippen LogP contribution in [0.1, 0.15) is 10.4 Å². The SMILES string of the molecule is COc1ccc(Cl)cc1N/C=C/C(=O)c1ccc(F)cc1. The summed E-state index contributed by atoms with van der Waals surface area (Å²) in [6.07, 6.45) is 2.84. The normalized spacial score (nSPS) is 10.6. The van der Waals surface area contributed by atoms with Crippen molar-refractivity contribution in [3.8, 4) is 5.75 Å². The molecule has 21 heavy (non-hydrogen) atoms. The van der Waals surface area contributed by atoms with Gasteiger partial charge in [0.2, 0.25) is 0 Å². The highest BCUT2D eigenvalue weighted by atomic mass is 35.5. The first-order chi connectivity index (χ1) is 10.1. The fourth-order valence-corrected chi connectivity index (χ4v) is 1.88. The van der Waals surface area contributed by atoms with E-state index in [4.69, 9.17) is 16.3 Å². The third kappa shape index (κ3) is 4.07. The van der Waals surface area contributed by atoms with Crippen molar-refractivity contribution in [2.75, 3.05) is 12.4 Å². The third-order valence-electron chi connectivity index (χ3n) is 2.76. The van der Waals surface area contributed by atoms with E-state index >= 15 is 0 Å². The Balaban J connectivity index is 2.07. The maximum absolute atomic E-state index is 12.8. The first-order valence-corrected chi connectivity index (χ1v) is 6.54. The van der Waals surface area contributed by atoms with Crippen LogP contribution in [-0.2, 0) is 0 Å². The Morgan fingerprint density at radius 1 is 1.24 bits per heavy atom. The number of halogens is 2. The number of hydrogen-bond donors (Lipinski definition) is 1. The Hall–Kier alpha value is -2.33. The molecule has 2 aromatic carbocycles. The minimum Gasteiger partial charge on any atom is -0.495 e. The van der Waals surface area contributed by atoms with Crippen molar-refractivity contribution >= 4 is 23.1 Å². The number of carbonyl (C=O) groups excluding carboxylic acids is 1. The zero-order valence-corrected chi connectivity index (χ0v) is 12.0. The summed E-state index contributed by atoms with van der Waals surface area (Å²) < 4.78 is 18.0. The third-order valence-corrected chi connectivity index (χ3v) is 3.00. The molecule has 1 N–H and O–H groups in total. The summed E-state index contributed by atoms with van der Waals surface area (Å²) in [6.45, 7) is 0. The van der Waals surface area contributed by atoms with E-state index < -0.39 is 0 Å². The van der Waals surface area contributed by atoms with E-state index in [9.17, 15) is 9.18 Å². The Bertz CT molecular complexity index is 668. The summed E-state index contributed by atoms with van der Waals surface area (Å²) in [5.41, 5.74) is 1.06.